The molecule has 0 aliphatic carbocycles. The lowest BCUT2D eigenvalue weighted by Crippen LogP contribution is -2.08. The quantitative estimate of drug-likeness (QED) is 0.681. The second-order valence-electron chi connectivity index (χ2n) is 5.75. The number of anilines is 3. The number of aryl methyl sites for hydroxylation is 1. The average molecular weight is 351 g/mol. The van der Waals surface area contributed by atoms with E-state index >= 15 is 0 Å². The molecule has 0 aliphatic heterocycles. The summed E-state index contributed by atoms with van der Waals surface area (Å²) in [6.45, 7) is 4.22. The number of hydrogen-bond donors (Lipinski definition) is 2. The van der Waals surface area contributed by atoms with Crippen LogP contribution in [0, 0.1) is 6.92 Å². The monoisotopic (exact) mass is 351 g/mol. The molecule has 0 aliphatic rings. The van der Waals surface area contributed by atoms with Crippen molar-refractivity contribution in [1.82, 2.24) is 15.0 Å². The largest absolute Gasteiger partial charge is 0.368 e. The molecular weight excluding hydrogens is 330 g/mol. The summed E-state index contributed by atoms with van der Waals surface area (Å²) in [5.74, 6) is 2.29. The Morgan fingerprint density at radius 2 is 1.72 bits per heavy atom. The Kier molecular flexibility index (Phi) is 5.50. The number of rotatable bonds is 6. The van der Waals surface area contributed by atoms with E-state index in [1.165, 1.54) is 11.1 Å². The molecule has 0 bridgehead atoms. The molecular formula is C19H21N5S. The molecule has 0 saturated heterocycles. The number of nitrogen functional groups attached to an aromatic ring is 1. The van der Waals surface area contributed by atoms with E-state index in [1.807, 2.05) is 30.3 Å². The van der Waals surface area contributed by atoms with Crippen molar-refractivity contribution in [1.29, 1.82) is 0 Å². The van der Waals surface area contributed by atoms with Crippen LogP contribution in [0.25, 0.3) is 0 Å². The van der Waals surface area contributed by atoms with E-state index in [-0.39, 0.29) is 11.2 Å². The van der Waals surface area contributed by atoms with Gasteiger partial charge in [0.15, 0.2) is 0 Å². The molecule has 0 amide bonds. The number of benzene rings is 2. The molecule has 1 heterocycles. The highest BCUT2D eigenvalue weighted by Gasteiger charge is 2.13. The summed E-state index contributed by atoms with van der Waals surface area (Å²) in [6.07, 6.45) is 0. The second-order valence-corrected chi connectivity index (χ2v) is 7.08. The molecule has 3 N–H and O–H groups in total. The van der Waals surface area contributed by atoms with Crippen molar-refractivity contribution >= 4 is 29.3 Å². The van der Waals surface area contributed by atoms with Gasteiger partial charge in [-0.15, -0.1) is 11.8 Å². The number of thioether (sulfide) groups is 1. The van der Waals surface area contributed by atoms with Crippen LogP contribution >= 0.6 is 11.8 Å². The van der Waals surface area contributed by atoms with Gasteiger partial charge in [-0.1, -0.05) is 42.5 Å². The fraction of sp³-hybridized carbons (Fsp3) is 0.211. The molecule has 0 fully saturated rings. The summed E-state index contributed by atoms with van der Waals surface area (Å²) in [5, 5.41) is 3.28. The van der Waals surface area contributed by atoms with Gasteiger partial charge >= 0.3 is 0 Å². The summed E-state index contributed by atoms with van der Waals surface area (Å²) in [6, 6.07) is 18.2. The Labute approximate surface area is 152 Å². The van der Waals surface area contributed by atoms with Crippen LogP contribution in [0.3, 0.4) is 0 Å². The third kappa shape index (κ3) is 4.70. The first-order valence-corrected chi connectivity index (χ1v) is 9.16. The first-order valence-electron chi connectivity index (χ1n) is 8.11. The average Bonchev–Trinajstić information content (AvgIpc) is 2.61. The SMILES string of the molecule is Cc1ccccc1CS[C@H](C)c1nc(N)nc(Nc2ccccc2)n1. The zero-order valence-corrected chi connectivity index (χ0v) is 15.1. The highest BCUT2D eigenvalue weighted by molar-refractivity contribution is 7.98. The van der Waals surface area contributed by atoms with Crippen LogP contribution in [0.5, 0.6) is 0 Å². The van der Waals surface area contributed by atoms with Gasteiger partial charge in [-0.05, 0) is 37.1 Å². The zero-order chi connectivity index (χ0) is 17.6. The lowest BCUT2D eigenvalue weighted by Gasteiger charge is -2.13. The van der Waals surface area contributed by atoms with Crippen LogP contribution in [-0.2, 0) is 5.75 Å². The second kappa shape index (κ2) is 7.98. The Balaban J connectivity index is 1.72. The minimum absolute atomic E-state index is 0.112. The van der Waals surface area contributed by atoms with Crippen molar-refractivity contribution in [3.63, 3.8) is 0 Å². The molecule has 2 aromatic carbocycles. The van der Waals surface area contributed by atoms with Crippen LogP contribution in [0.1, 0.15) is 29.1 Å². The van der Waals surface area contributed by atoms with E-state index in [0.29, 0.717) is 11.8 Å². The number of para-hydroxylation sites is 1. The van der Waals surface area contributed by atoms with Crippen molar-refractivity contribution in [2.45, 2.75) is 24.9 Å². The fourth-order valence-corrected chi connectivity index (χ4v) is 3.37. The Morgan fingerprint density at radius 3 is 2.48 bits per heavy atom. The number of nitrogens with zero attached hydrogens (tertiary/aromatic N) is 3. The molecule has 1 atom stereocenters. The maximum atomic E-state index is 5.87. The highest BCUT2D eigenvalue weighted by atomic mass is 32.2. The lowest BCUT2D eigenvalue weighted by atomic mass is 10.1. The molecule has 25 heavy (non-hydrogen) atoms. The van der Waals surface area contributed by atoms with E-state index in [4.69, 9.17) is 5.73 Å². The number of nitrogens with two attached hydrogens (primary N) is 1. The Hall–Kier alpha value is -2.60. The fourth-order valence-electron chi connectivity index (χ4n) is 2.36. The van der Waals surface area contributed by atoms with E-state index in [2.05, 4.69) is 58.4 Å². The summed E-state index contributed by atoms with van der Waals surface area (Å²) >= 11 is 1.78. The van der Waals surface area contributed by atoms with Crippen molar-refractivity contribution in [2.75, 3.05) is 11.1 Å². The highest BCUT2D eigenvalue weighted by Crippen LogP contribution is 2.30. The van der Waals surface area contributed by atoms with Gasteiger partial charge in [0.2, 0.25) is 11.9 Å². The van der Waals surface area contributed by atoms with Gasteiger partial charge < -0.3 is 11.1 Å². The molecule has 3 aromatic rings. The first kappa shape index (κ1) is 17.2. The number of hydrogen-bond acceptors (Lipinski definition) is 6. The van der Waals surface area contributed by atoms with E-state index in [9.17, 15) is 0 Å². The van der Waals surface area contributed by atoms with E-state index in [1.54, 1.807) is 11.8 Å². The third-order valence-corrected chi connectivity index (χ3v) is 5.00. The Morgan fingerprint density at radius 1 is 1.00 bits per heavy atom. The minimum atomic E-state index is 0.112. The number of aromatic nitrogens is 3. The van der Waals surface area contributed by atoms with Crippen LogP contribution in [-0.4, -0.2) is 15.0 Å². The predicted octanol–water partition coefficient (Wildman–Crippen LogP) is 4.50. The van der Waals surface area contributed by atoms with Gasteiger partial charge in [-0.25, -0.2) is 0 Å². The summed E-state index contributed by atoms with van der Waals surface area (Å²) in [4.78, 5) is 13.0. The smallest absolute Gasteiger partial charge is 0.232 e. The van der Waals surface area contributed by atoms with Crippen LogP contribution in [0.15, 0.2) is 54.6 Å². The molecule has 128 valence electrons. The van der Waals surface area contributed by atoms with Crippen molar-refractivity contribution in [3.05, 3.63) is 71.5 Å². The number of nitrogens with one attached hydrogen (secondary N) is 1. The van der Waals surface area contributed by atoms with Crippen LogP contribution < -0.4 is 11.1 Å². The van der Waals surface area contributed by atoms with Gasteiger partial charge in [0.25, 0.3) is 0 Å². The van der Waals surface area contributed by atoms with E-state index < -0.39 is 0 Å². The van der Waals surface area contributed by atoms with Crippen molar-refractivity contribution in [3.8, 4) is 0 Å². The lowest BCUT2D eigenvalue weighted by molar-refractivity contribution is 0.895. The summed E-state index contributed by atoms with van der Waals surface area (Å²) in [7, 11) is 0. The first-order chi connectivity index (χ1) is 12.1. The van der Waals surface area contributed by atoms with Gasteiger partial charge in [0.05, 0.1) is 5.25 Å². The molecule has 0 saturated carbocycles. The van der Waals surface area contributed by atoms with Crippen molar-refractivity contribution in [2.24, 2.45) is 0 Å². The molecule has 5 nitrogen and oxygen atoms in total. The zero-order valence-electron chi connectivity index (χ0n) is 14.3. The Bertz CT molecular complexity index is 838. The minimum Gasteiger partial charge on any atom is -0.368 e. The van der Waals surface area contributed by atoms with Gasteiger partial charge in [-0.3, -0.25) is 0 Å². The van der Waals surface area contributed by atoms with Crippen molar-refractivity contribution < 1.29 is 0 Å². The molecule has 0 radical (unpaired) electrons. The maximum Gasteiger partial charge on any atom is 0.232 e. The molecule has 0 spiro atoms. The normalized spacial score (nSPS) is 11.9. The topological polar surface area (TPSA) is 76.7 Å². The van der Waals surface area contributed by atoms with Crippen LogP contribution in [0.2, 0.25) is 0 Å². The molecule has 1 aromatic heterocycles. The summed E-state index contributed by atoms with van der Waals surface area (Å²) < 4.78 is 0. The molecule has 3 rings (SSSR count). The van der Waals surface area contributed by atoms with Gasteiger partial charge in [0.1, 0.15) is 5.82 Å². The predicted molar refractivity (Wildman–Crippen MR) is 105 cm³/mol. The van der Waals surface area contributed by atoms with Gasteiger partial charge in [0, 0.05) is 11.4 Å². The maximum absolute atomic E-state index is 5.87. The van der Waals surface area contributed by atoms with Gasteiger partial charge in [-0.2, -0.15) is 15.0 Å². The molecule has 6 heteroatoms. The van der Waals surface area contributed by atoms with E-state index in [0.717, 1.165) is 11.4 Å². The van der Waals surface area contributed by atoms with Crippen LogP contribution in [0.4, 0.5) is 17.6 Å². The summed E-state index contributed by atoms with van der Waals surface area (Å²) in [5.41, 5.74) is 9.41. The molecule has 0 unspecified atom stereocenters. The standard InChI is InChI=1S/C19H21N5S/c1-13-8-6-7-9-15(13)12-25-14(2)17-22-18(20)24-19(23-17)21-16-10-4-3-5-11-16/h3-11,14H,12H2,1-2H3,(H3,20,21,22,23,24)/t14-/m1/s1. The third-order valence-electron chi connectivity index (χ3n) is 3.81.